The van der Waals surface area contributed by atoms with E-state index in [9.17, 15) is 9.18 Å². The van der Waals surface area contributed by atoms with Crippen molar-refractivity contribution in [1.82, 2.24) is 0 Å². The van der Waals surface area contributed by atoms with E-state index in [1.165, 1.54) is 17.4 Å². The van der Waals surface area contributed by atoms with E-state index in [0.717, 1.165) is 12.7 Å². The van der Waals surface area contributed by atoms with E-state index in [2.05, 4.69) is 47.8 Å². The Labute approximate surface area is 133 Å². The third-order valence-electron chi connectivity index (χ3n) is 2.28. The van der Waals surface area contributed by atoms with E-state index in [1.807, 2.05) is 0 Å². The molecule has 0 bridgehead atoms. The van der Waals surface area contributed by atoms with Gasteiger partial charge in [-0.25, -0.2) is 4.39 Å². The fourth-order valence-electron chi connectivity index (χ4n) is 1.42. The molecule has 0 fully saturated rings. The molecule has 0 aliphatic heterocycles. The second-order valence-electron chi connectivity index (χ2n) is 3.57. The maximum absolute atomic E-state index is 13.5. The molecule has 0 amide bonds. The molecule has 0 aliphatic carbocycles. The van der Waals surface area contributed by atoms with Gasteiger partial charge < -0.3 is 0 Å². The molecule has 0 N–H and O–H groups in total. The average molecular weight is 457 g/mol. The van der Waals surface area contributed by atoms with Gasteiger partial charge in [0.15, 0.2) is 5.78 Å². The van der Waals surface area contributed by atoms with Crippen LogP contribution in [0, 0.1) is 5.82 Å². The molecule has 18 heavy (non-hydrogen) atoms. The molecule has 0 saturated carbocycles. The van der Waals surface area contributed by atoms with Gasteiger partial charge in [0.25, 0.3) is 0 Å². The highest BCUT2D eigenvalue weighted by Gasteiger charge is 2.14. The third-order valence-corrected chi connectivity index (χ3v) is 6.07. The summed E-state index contributed by atoms with van der Waals surface area (Å²) in [7, 11) is 0. The molecule has 0 saturated heterocycles. The zero-order valence-electron chi connectivity index (χ0n) is 8.84. The average Bonchev–Trinajstić information content (AvgIpc) is 2.64. The molecule has 0 radical (unpaired) electrons. The predicted octanol–water partition coefficient (Wildman–Crippen LogP) is 5.60. The second-order valence-corrected chi connectivity index (χ2v) is 7.71. The Kier molecular flexibility index (Phi) is 4.75. The van der Waals surface area contributed by atoms with Crippen LogP contribution in [-0.2, 0) is 6.42 Å². The molecule has 1 heterocycles. The molecule has 2 aromatic rings. The minimum Gasteiger partial charge on any atom is -0.293 e. The first kappa shape index (κ1) is 14.4. The van der Waals surface area contributed by atoms with Gasteiger partial charge in [0.2, 0.25) is 0 Å². The standard InChI is InChI=1S/C12H6Br3FOS/c13-7-1-2-9(16)6(3-7)4-10(17)11-5-8(14)12(15)18-11/h1-3,5H,4H2. The highest BCUT2D eigenvalue weighted by atomic mass is 79.9. The van der Waals surface area contributed by atoms with Gasteiger partial charge in [-0.1, -0.05) is 15.9 Å². The molecule has 0 atom stereocenters. The fourth-order valence-corrected chi connectivity index (χ4v) is 3.80. The zero-order chi connectivity index (χ0) is 13.3. The van der Waals surface area contributed by atoms with Crippen molar-refractivity contribution in [1.29, 1.82) is 0 Å². The normalized spacial score (nSPS) is 10.7. The van der Waals surface area contributed by atoms with Gasteiger partial charge in [-0.3, -0.25) is 4.79 Å². The first-order valence-electron chi connectivity index (χ1n) is 4.89. The summed E-state index contributed by atoms with van der Waals surface area (Å²) in [6.07, 6.45) is 0.0602. The van der Waals surface area contributed by atoms with Crippen LogP contribution in [0.2, 0.25) is 0 Å². The smallest absolute Gasteiger partial charge is 0.177 e. The molecule has 0 spiro atoms. The lowest BCUT2D eigenvalue weighted by Crippen LogP contribution is -2.03. The van der Waals surface area contributed by atoms with Crippen molar-refractivity contribution in [3.63, 3.8) is 0 Å². The lowest BCUT2D eigenvalue weighted by atomic mass is 10.1. The number of thiophene rings is 1. The number of carbonyl (C=O) groups excluding carboxylic acids is 1. The number of hydrogen-bond acceptors (Lipinski definition) is 2. The van der Waals surface area contributed by atoms with Crippen molar-refractivity contribution in [2.75, 3.05) is 0 Å². The summed E-state index contributed by atoms with van der Waals surface area (Å²) in [5.41, 5.74) is 0.398. The summed E-state index contributed by atoms with van der Waals surface area (Å²) in [5, 5.41) is 0. The molecule has 2 rings (SSSR count). The summed E-state index contributed by atoms with van der Waals surface area (Å²) < 4.78 is 16.0. The van der Waals surface area contributed by atoms with Crippen molar-refractivity contribution < 1.29 is 9.18 Å². The van der Waals surface area contributed by atoms with Gasteiger partial charge in [-0.05, 0) is 61.7 Å². The Morgan fingerprint density at radius 1 is 1.22 bits per heavy atom. The van der Waals surface area contributed by atoms with E-state index in [-0.39, 0.29) is 18.0 Å². The maximum atomic E-state index is 13.5. The van der Waals surface area contributed by atoms with Crippen LogP contribution in [-0.4, -0.2) is 5.78 Å². The van der Waals surface area contributed by atoms with Gasteiger partial charge in [0.1, 0.15) is 5.82 Å². The van der Waals surface area contributed by atoms with E-state index in [0.29, 0.717) is 10.4 Å². The summed E-state index contributed by atoms with van der Waals surface area (Å²) in [5.74, 6) is -0.454. The second kappa shape index (κ2) is 5.94. The topological polar surface area (TPSA) is 17.1 Å². The summed E-state index contributed by atoms with van der Waals surface area (Å²) in [6, 6.07) is 6.34. The van der Waals surface area contributed by atoms with Crippen LogP contribution in [0.4, 0.5) is 4.39 Å². The number of carbonyl (C=O) groups is 1. The number of rotatable bonds is 3. The Morgan fingerprint density at radius 2 is 1.94 bits per heavy atom. The van der Waals surface area contributed by atoms with E-state index < -0.39 is 0 Å². The highest BCUT2D eigenvalue weighted by Crippen LogP contribution is 2.33. The molecular weight excluding hydrogens is 451 g/mol. The Hall–Kier alpha value is -0.0400. The minimum absolute atomic E-state index is 0.0602. The number of halogens is 4. The van der Waals surface area contributed by atoms with Crippen molar-refractivity contribution in [3.8, 4) is 0 Å². The fraction of sp³-hybridized carbons (Fsp3) is 0.0833. The van der Waals surface area contributed by atoms with Gasteiger partial charge in [-0.2, -0.15) is 0 Å². The highest BCUT2D eigenvalue weighted by molar-refractivity contribution is 9.13. The molecule has 1 aromatic heterocycles. The lowest BCUT2D eigenvalue weighted by molar-refractivity contribution is 0.0995. The van der Waals surface area contributed by atoms with Crippen LogP contribution in [0.5, 0.6) is 0 Å². The molecule has 0 unspecified atom stereocenters. The number of ketones is 1. The van der Waals surface area contributed by atoms with Gasteiger partial charge in [0, 0.05) is 15.4 Å². The van der Waals surface area contributed by atoms with E-state index >= 15 is 0 Å². The molecule has 1 aromatic carbocycles. The predicted molar refractivity (Wildman–Crippen MR) is 81.9 cm³/mol. The van der Waals surface area contributed by atoms with Crippen molar-refractivity contribution in [2.24, 2.45) is 0 Å². The van der Waals surface area contributed by atoms with Gasteiger partial charge in [-0.15, -0.1) is 11.3 Å². The van der Waals surface area contributed by atoms with Crippen molar-refractivity contribution >= 4 is 64.9 Å². The molecule has 94 valence electrons. The van der Waals surface area contributed by atoms with Crippen molar-refractivity contribution in [3.05, 3.63) is 53.3 Å². The molecule has 0 aliphatic rings. The molecular formula is C12H6Br3FOS. The maximum Gasteiger partial charge on any atom is 0.177 e. The Bertz CT molecular complexity index is 590. The van der Waals surface area contributed by atoms with Crippen molar-refractivity contribution in [2.45, 2.75) is 6.42 Å². The summed E-state index contributed by atoms with van der Waals surface area (Å²) in [6.45, 7) is 0. The quantitative estimate of drug-likeness (QED) is 0.549. The van der Waals surface area contributed by atoms with Crippen LogP contribution in [0.25, 0.3) is 0 Å². The largest absolute Gasteiger partial charge is 0.293 e. The minimum atomic E-state index is -0.360. The first-order chi connectivity index (χ1) is 8.47. The first-order valence-corrected chi connectivity index (χ1v) is 8.09. The molecule has 1 nitrogen and oxygen atoms in total. The SMILES string of the molecule is O=C(Cc1cc(Br)ccc1F)c1cc(Br)c(Br)s1. The van der Waals surface area contributed by atoms with E-state index in [1.54, 1.807) is 18.2 Å². The summed E-state index contributed by atoms with van der Waals surface area (Å²) >= 11 is 11.3. The number of Topliss-reactive ketones (excluding diaryl/α,β-unsaturated/α-hetero) is 1. The van der Waals surface area contributed by atoms with Crippen LogP contribution in [0.1, 0.15) is 15.2 Å². The number of benzene rings is 1. The van der Waals surface area contributed by atoms with Crippen LogP contribution in [0.3, 0.4) is 0 Å². The Balaban J connectivity index is 2.23. The van der Waals surface area contributed by atoms with Gasteiger partial charge >= 0.3 is 0 Å². The van der Waals surface area contributed by atoms with E-state index in [4.69, 9.17) is 0 Å². The number of hydrogen-bond donors (Lipinski definition) is 0. The van der Waals surface area contributed by atoms with Gasteiger partial charge in [0.05, 0.1) is 8.66 Å². The Morgan fingerprint density at radius 3 is 2.56 bits per heavy atom. The summed E-state index contributed by atoms with van der Waals surface area (Å²) in [4.78, 5) is 12.6. The van der Waals surface area contributed by atoms with Crippen LogP contribution >= 0.6 is 59.1 Å². The van der Waals surface area contributed by atoms with Crippen LogP contribution < -0.4 is 0 Å². The van der Waals surface area contributed by atoms with Crippen LogP contribution in [0.15, 0.2) is 37.0 Å². The lowest BCUT2D eigenvalue weighted by Gasteiger charge is -2.02. The third kappa shape index (κ3) is 3.29. The monoisotopic (exact) mass is 454 g/mol. The molecule has 6 heteroatoms. The zero-order valence-corrected chi connectivity index (χ0v) is 14.4.